The predicted octanol–water partition coefficient (Wildman–Crippen LogP) is 3.60. The minimum Gasteiger partial charge on any atom is -0.507 e. The third-order valence-electron chi connectivity index (χ3n) is 2.66. The van der Waals surface area contributed by atoms with E-state index in [9.17, 15) is 14.7 Å². The van der Waals surface area contributed by atoms with Crippen molar-refractivity contribution in [2.45, 2.75) is 0 Å². The molecule has 0 aliphatic carbocycles. The Hall–Kier alpha value is -1.80. The minimum atomic E-state index is -1.15. The van der Waals surface area contributed by atoms with Crippen LogP contribution < -0.4 is 5.32 Å². The second kappa shape index (κ2) is 6.31. The van der Waals surface area contributed by atoms with Crippen molar-refractivity contribution in [1.82, 2.24) is 0 Å². The van der Waals surface area contributed by atoms with Crippen molar-refractivity contribution < 1.29 is 19.8 Å². The SMILES string of the molecule is O=C(Nc1ccc(I)cc1C(=O)O)c1ccc(Cl)cc1O. The number of phenolic OH excluding ortho intramolecular Hbond substituents is 1. The summed E-state index contributed by atoms with van der Waals surface area (Å²) in [6, 6.07) is 8.67. The van der Waals surface area contributed by atoms with Crippen molar-refractivity contribution in [1.29, 1.82) is 0 Å². The van der Waals surface area contributed by atoms with Crippen LogP contribution in [0.3, 0.4) is 0 Å². The first-order valence-corrected chi connectivity index (χ1v) is 7.17. The molecule has 0 saturated heterocycles. The standard InChI is InChI=1S/C14H9ClINO4/c15-7-1-3-9(12(18)5-7)13(19)17-11-4-2-8(16)6-10(11)14(20)21/h1-6,18H,(H,17,19)(H,20,21). The molecular weight excluding hydrogens is 409 g/mol. The number of carboxylic acid groups (broad SMARTS) is 1. The van der Waals surface area contributed by atoms with Crippen molar-refractivity contribution >= 4 is 51.8 Å². The number of aromatic hydroxyl groups is 1. The number of rotatable bonds is 3. The summed E-state index contributed by atoms with van der Waals surface area (Å²) in [6.07, 6.45) is 0. The van der Waals surface area contributed by atoms with Crippen molar-refractivity contribution in [3.63, 3.8) is 0 Å². The van der Waals surface area contributed by atoms with E-state index in [1.54, 1.807) is 6.07 Å². The Morgan fingerprint density at radius 2 is 1.81 bits per heavy atom. The van der Waals surface area contributed by atoms with Crippen LogP contribution in [0.15, 0.2) is 36.4 Å². The molecule has 0 fully saturated rings. The van der Waals surface area contributed by atoms with E-state index >= 15 is 0 Å². The van der Waals surface area contributed by atoms with Gasteiger partial charge in [-0.3, -0.25) is 4.79 Å². The number of halogens is 2. The molecule has 0 bridgehead atoms. The molecule has 0 radical (unpaired) electrons. The number of carbonyl (C=O) groups is 2. The number of benzene rings is 2. The smallest absolute Gasteiger partial charge is 0.337 e. The zero-order chi connectivity index (χ0) is 15.6. The third kappa shape index (κ3) is 3.64. The summed E-state index contributed by atoms with van der Waals surface area (Å²) < 4.78 is 0.734. The molecule has 0 heterocycles. The molecule has 0 aromatic heterocycles. The average molecular weight is 418 g/mol. The molecule has 0 unspecified atom stereocenters. The number of anilines is 1. The highest BCUT2D eigenvalue weighted by atomic mass is 127. The van der Waals surface area contributed by atoms with Crippen LogP contribution in [-0.2, 0) is 0 Å². The number of carbonyl (C=O) groups excluding carboxylic acids is 1. The fourth-order valence-electron chi connectivity index (χ4n) is 1.69. The zero-order valence-corrected chi connectivity index (χ0v) is 13.3. The summed E-state index contributed by atoms with van der Waals surface area (Å²) in [5, 5.41) is 21.6. The molecule has 0 aliphatic heterocycles. The number of nitrogens with one attached hydrogen (secondary N) is 1. The molecule has 1 amide bonds. The van der Waals surface area contributed by atoms with Gasteiger partial charge in [-0.2, -0.15) is 0 Å². The van der Waals surface area contributed by atoms with Crippen LogP contribution in [-0.4, -0.2) is 22.1 Å². The molecule has 2 aromatic carbocycles. The molecule has 7 heteroatoms. The highest BCUT2D eigenvalue weighted by Gasteiger charge is 2.16. The Kier molecular flexibility index (Phi) is 4.69. The number of amides is 1. The van der Waals surface area contributed by atoms with Crippen LogP contribution in [0.25, 0.3) is 0 Å². The molecule has 3 N–H and O–H groups in total. The largest absolute Gasteiger partial charge is 0.507 e. The van der Waals surface area contributed by atoms with E-state index in [0.29, 0.717) is 5.02 Å². The second-order valence-electron chi connectivity index (χ2n) is 4.11. The number of hydrogen-bond donors (Lipinski definition) is 3. The Balaban J connectivity index is 2.34. The van der Waals surface area contributed by atoms with Gasteiger partial charge >= 0.3 is 5.97 Å². The highest BCUT2D eigenvalue weighted by Crippen LogP contribution is 2.24. The first-order valence-electron chi connectivity index (χ1n) is 5.71. The minimum absolute atomic E-state index is 0.00860. The van der Waals surface area contributed by atoms with Gasteiger partial charge in [0.15, 0.2) is 0 Å². The summed E-state index contributed by atoms with van der Waals surface area (Å²) in [5.74, 6) is -2.04. The number of carboxylic acids is 1. The van der Waals surface area contributed by atoms with Crippen LogP contribution >= 0.6 is 34.2 Å². The lowest BCUT2D eigenvalue weighted by atomic mass is 10.1. The van der Waals surface area contributed by atoms with Gasteiger partial charge in [0, 0.05) is 8.59 Å². The maximum absolute atomic E-state index is 12.1. The molecular formula is C14H9ClINO4. The summed E-state index contributed by atoms with van der Waals surface area (Å²) in [7, 11) is 0. The van der Waals surface area contributed by atoms with Crippen molar-refractivity contribution in [2.24, 2.45) is 0 Å². The predicted molar refractivity (Wildman–Crippen MR) is 87.2 cm³/mol. The maximum Gasteiger partial charge on any atom is 0.337 e. The van der Waals surface area contributed by atoms with E-state index in [1.807, 2.05) is 22.6 Å². The summed E-state index contributed by atoms with van der Waals surface area (Å²) in [5.41, 5.74) is 0.139. The van der Waals surface area contributed by atoms with Crippen molar-refractivity contribution in [2.75, 3.05) is 5.32 Å². The van der Waals surface area contributed by atoms with E-state index in [0.717, 1.165) is 3.57 Å². The fraction of sp³-hybridized carbons (Fsp3) is 0. The van der Waals surface area contributed by atoms with E-state index < -0.39 is 11.9 Å². The van der Waals surface area contributed by atoms with Crippen LogP contribution in [0.5, 0.6) is 5.75 Å². The lowest BCUT2D eigenvalue weighted by molar-refractivity contribution is 0.0698. The average Bonchev–Trinajstić information content (AvgIpc) is 2.40. The molecule has 2 aromatic rings. The fourth-order valence-corrected chi connectivity index (χ4v) is 2.35. The number of phenols is 1. The first-order chi connectivity index (χ1) is 9.88. The summed E-state index contributed by atoms with van der Waals surface area (Å²) >= 11 is 7.67. The lowest BCUT2D eigenvalue weighted by Crippen LogP contribution is -2.15. The quantitative estimate of drug-likeness (QED) is 0.666. The van der Waals surface area contributed by atoms with Gasteiger partial charge in [-0.1, -0.05) is 11.6 Å². The second-order valence-corrected chi connectivity index (χ2v) is 5.79. The summed E-state index contributed by atoms with van der Waals surface area (Å²) in [4.78, 5) is 23.3. The van der Waals surface area contributed by atoms with Crippen LogP contribution in [0.4, 0.5) is 5.69 Å². The monoisotopic (exact) mass is 417 g/mol. The molecule has 108 valence electrons. The van der Waals surface area contributed by atoms with E-state index in [1.165, 1.54) is 30.3 Å². The Bertz CT molecular complexity index is 733. The molecule has 2 rings (SSSR count). The van der Waals surface area contributed by atoms with Gasteiger partial charge in [0.25, 0.3) is 5.91 Å². The molecule has 0 saturated carbocycles. The lowest BCUT2D eigenvalue weighted by Gasteiger charge is -2.10. The van der Waals surface area contributed by atoms with Gasteiger partial charge in [-0.05, 0) is 59.0 Å². The van der Waals surface area contributed by atoms with E-state index in [2.05, 4.69) is 5.32 Å². The first kappa shape index (κ1) is 15.6. The maximum atomic E-state index is 12.1. The van der Waals surface area contributed by atoms with Gasteiger partial charge in [0.05, 0.1) is 16.8 Å². The topological polar surface area (TPSA) is 86.6 Å². The molecule has 0 spiro atoms. The normalized spacial score (nSPS) is 10.2. The highest BCUT2D eigenvalue weighted by molar-refractivity contribution is 14.1. The zero-order valence-electron chi connectivity index (χ0n) is 10.4. The number of hydrogen-bond acceptors (Lipinski definition) is 3. The Morgan fingerprint density at radius 1 is 1.10 bits per heavy atom. The van der Waals surface area contributed by atoms with Gasteiger partial charge in [-0.15, -0.1) is 0 Å². The molecule has 0 aliphatic rings. The Morgan fingerprint density at radius 3 is 2.43 bits per heavy atom. The van der Waals surface area contributed by atoms with E-state index in [-0.39, 0.29) is 22.6 Å². The van der Waals surface area contributed by atoms with Gasteiger partial charge in [-0.25, -0.2) is 4.79 Å². The molecule has 0 atom stereocenters. The van der Waals surface area contributed by atoms with Crippen LogP contribution in [0, 0.1) is 3.57 Å². The molecule has 21 heavy (non-hydrogen) atoms. The Labute approximate surface area is 138 Å². The van der Waals surface area contributed by atoms with Crippen molar-refractivity contribution in [3.05, 3.63) is 56.1 Å². The van der Waals surface area contributed by atoms with Gasteiger partial charge in [0.2, 0.25) is 0 Å². The van der Waals surface area contributed by atoms with Crippen molar-refractivity contribution in [3.8, 4) is 5.75 Å². The number of aromatic carboxylic acids is 1. The molecule has 5 nitrogen and oxygen atoms in total. The van der Waals surface area contributed by atoms with E-state index in [4.69, 9.17) is 16.7 Å². The van der Waals surface area contributed by atoms with Gasteiger partial charge in [0.1, 0.15) is 5.75 Å². The van der Waals surface area contributed by atoms with Gasteiger partial charge < -0.3 is 15.5 Å². The van der Waals surface area contributed by atoms with Crippen LogP contribution in [0.2, 0.25) is 5.02 Å². The third-order valence-corrected chi connectivity index (χ3v) is 3.57. The summed E-state index contributed by atoms with van der Waals surface area (Å²) in [6.45, 7) is 0. The van der Waals surface area contributed by atoms with Crippen LogP contribution in [0.1, 0.15) is 20.7 Å².